The number of rotatable bonds is 4. The van der Waals surface area contributed by atoms with E-state index < -0.39 is 0 Å². The highest BCUT2D eigenvalue weighted by molar-refractivity contribution is 6.01. The fraction of sp³-hybridized carbons (Fsp3) is 0.588. The molecule has 1 aliphatic rings. The van der Waals surface area contributed by atoms with Gasteiger partial charge in [0, 0.05) is 18.8 Å². The highest BCUT2D eigenvalue weighted by atomic mass is 16.5. The summed E-state index contributed by atoms with van der Waals surface area (Å²) >= 11 is 0. The maximum atomic E-state index is 12.8. The molecule has 1 amide bonds. The Hall–Kier alpha value is -1.71. The molecule has 2 rings (SSSR count). The molecule has 1 aromatic rings. The lowest BCUT2D eigenvalue weighted by molar-refractivity contribution is 0.0714. The van der Waals surface area contributed by atoms with Gasteiger partial charge in [0.2, 0.25) is 0 Å². The molecule has 0 spiro atoms. The molecule has 0 radical (unpaired) electrons. The molecule has 4 nitrogen and oxygen atoms in total. The summed E-state index contributed by atoms with van der Waals surface area (Å²) < 4.78 is 5.57. The summed E-state index contributed by atoms with van der Waals surface area (Å²) in [6, 6.07) is 5.71. The second kappa shape index (κ2) is 7.34. The predicted molar refractivity (Wildman–Crippen MR) is 85.6 cm³/mol. The second-order valence-corrected chi connectivity index (χ2v) is 5.71. The summed E-state index contributed by atoms with van der Waals surface area (Å²) in [5.41, 5.74) is 7.02. The average Bonchev–Trinajstić information content (AvgIpc) is 2.75. The first-order chi connectivity index (χ1) is 10.1. The third-order valence-corrected chi connectivity index (χ3v) is 4.26. The van der Waals surface area contributed by atoms with Gasteiger partial charge < -0.3 is 15.4 Å². The van der Waals surface area contributed by atoms with E-state index in [1.807, 2.05) is 31.0 Å². The third kappa shape index (κ3) is 3.69. The van der Waals surface area contributed by atoms with Crippen LogP contribution >= 0.6 is 0 Å². The van der Waals surface area contributed by atoms with E-state index in [2.05, 4.69) is 0 Å². The predicted octanol–water partition coefficient (Wildman–Crippen LogP) is 3.46. The Morgan fingerprint density at radius 1 is 1.29 bits per heavy atom. The van der Waals surface area contributed by atoms with Gasteiger partial charge >= 0.3 is 0 Å². The molecule has 116 valence electrons. The maximum absolute atomic E-state index is 12.8. The van der Waals surface area contributed by atoms with E-state index in [1.165, 1.54) is 25.7 Å². The van der Waals surface area contributed by atoms with E-state index in [9.17, 15) is 4.79 Å². The van der Waals surface area contributed by atoms with Crippen LogP contribution in [0.25, 0.3) is 0 Å². The number of carbonyl (C=O) groups excluding carboxylic acids is 1. The third-order valence-electron chi connectivity index (χ3n) is 4.26. The summed E-state index contributed by atoms with van der Waals surface area (Å²) in [7, 11) is 1.89. The van der Waals surface area contributed by atoms with Gasteiger partial charge in [-0.1, -0.05) is 31.7 Å². The lowest BCUT2D eigenvalue weighted by Gasteiger charge is -2.28. The minimum atomic E-state index is -0.0246. The van der Waals surface area contributed by atoms with Gasteiger partial charge in [0.1, 0.15) is 11.3 Å². The normalized spacial score (nSPS) is 16.3. The number of hydrogen-bond donors (Lipinski definition) is 1. The topological polar surface area (TPSA) is 55.6 Å². The van der Waals surface area contributed by atoms with Crippen LogP contribution in [-0.4, -0.2) is 30.5 Å². The van der Waals surface area contributed by atoms with Gasteiger partial charge in [0.15, 0.2) is 0 Å². The van der Waals surface area contributed by atoms with Crippen LogP contribution in [0.2, 0.25) is 0 Å². The quantitative estimate of drug-likeness (QED) is 0.682. The fourth-order valence-electron chi connectivity index (χ4n) is 3.04. The molecule has 1 aliphatic carbocycles. The smallest absolute Gasteiger partial charge is 0.259 e. The Labute approximate surface area is 127 Å². The van der Waals surface area contributed by atoms with Crippen molar-refractivity contribution in [3.05, 3.63) is 23.8 Å². The van der Waals surface area contributed by atoms with Gasteiger partial charge in [-0.15, -0.1) is 0 Å². The van der Waals surface area contributed by atoms with Crippen LogP contribution in [0, 0.1) is 0 Å². The number of benzene rings is 1. The molecule has 0 unspecified atom stereocenters. The number of ether oxygens (including phenoxy) is 1. The standard InChI is InChI=1S/C17H26N2O2/c1-3-21-15-12-8-11-14(18)16(15)17(20)19(2)13-9-6-4-5-7-10-13/h8,11-13H,3-7,9-10,18H2,1-2H3. The fourth-order valence-corrected chi connectivity index (χ4v) is 3.04. The van der Waals surface area contributed by atoms with E-state index in [1.54, 1.807) is 6.07 Å². The second-order valence-electron chi connectivity index (χ2n) is 5.71. The summed E-state index contributed by atoms with van der Waals surface area (Å²) in [6.07, 6.45) is 7.11. The van der Waals surface area contributed by atoms with Crippen LogP contribution in [0.1, 0.15) is 55.8 Å². The van der Waals surface area contributed by atoms with Crippen molar-refractivity contribution < 1.29 is 9.53 Å². The summed E-state index contributed by atoms with van der Waals surface area (Å²) in [5.74, 6) is 0.562. The zero-order valence-electron chi connectivity index (χ0n) is 13.1. The van der Waals surface area contributed by atoms with Gasteiger partial charge in [-0.3, -0.25) is 4.79 Å². The SMILES string of the molecule is CCOc1cccc(N)c1C(=O)N(C)C1CCCCCC1. The Morgan fingerprint density at radius 3 is 2.57 bits per heavy atom. The Bertz CT molecular complexity index is 480. The molecule has 0 atom stereocenters. The number of hydrogen-bond acceptors (Lipinski definition) is 3. The van der Waals surface area contributed by atoms with Crippen LogP contribution in [0.3, 0.4) is 0 Å². The largest absolute Gasteiger partial charge is 0.493 e. The zero-order chi connectivity index (χ0) is 15.2. The molecule has 0 heterocycles. The van der Waals surface area contributed by atoms with Crippen molar-refractivity contribution in [2.24, 2.45) is 0 Å². The van der Waals surface area contributed by atoms with Gasteiger partial charge in [-0.05, 0) is 31.9 Å². The van der Waals surface area contributed by atoms with E-state index >= 15 is 0 Å². The zero-order valence-corrected chi connectivity index (χ0v) is 13.1. The Morgan fingerprint density at radius 2 is 1.95 bits per heavy atom. The van der Waals surface area contributed by atoms with Crippen molar-refractivity contribution in [3.63, 3.8) is 0 Å². The minimum Gasteiger partial charge on any atom is -0.493 e. The molecule has 0 bridgehead atoms. The van der Waals surface area contributed by atoms with Crippen LogP contribution in [0.4, 0.5) is 5.69 Å². The highest BCUT2D eigenvalue weighted by Crippen LogP contribution is 2.28. The van der Waals surface area contributed by atoms with Crippen molar-refractivity contribution >= 4 is 11.6 Å². The number of nitrogens with zero attached hydrogens (tertiary/aromatic N) is 1. The van der Waals surface area contributed by atoms with E-state index in [0.717, 1.165) is 12.8 Å². The molecular weight excluding hydrogens is 264 g/mol. The van der Waals surface area contributed by atoms with Crippen molar-refractivity contribution in [2.75, 3.05) is 19.4 Å². The number of nitrogens with two attached hydrogens (primary N) is 1. The van der Waals surface area contributed by atoms with Gasteiger partial charge in [-0.25, -0.2) is 0 Å². The first kappa shape index (κ1) is 15.7. The van der Waals surface area contributed by atoms with E-state index in [-0.39, 0.29) is 5.91 Å². The van der Waals surface area contributed by atoms with Gasteiger partial charge in [0.25, 0.3) is 5.91 Å². The van der Waals surface area contributed by atoms with Crippen molar-refractivity contribution in [3.8, 4) is 5.75 Å². The van der Waals surface area contributed by atoms with Crippen LogP contribution < -0.4 is 10.5 Å². The number of anilines is 1. The summed E-state index contributed by atoms with van der Waals surface area (Å²) in [6.45, 7) is 2.43. The molecule has 0 aromatic heterocycles. The molecule has 1 fully saturated rings. The minimum absolute atomic E-state index is 0.0246. The molecule has 0 saturated heterocycles. The molecule has 2 N–H and O–H groups in total. The van der Waals surface area contributed by atoms with Crippen LogP contribution in [0.5, 0.6) is 5.75 Å². The maximum Gasteiger partial charge on any atom is 0.259 e. The van der Waals surface area contributed by atoms with Gasteiger partial charge in [0.05, 0.1) is 6.61 Å². The van der Waals surface area contributed by atoms with E-state index in [0.29, 0.717) is 29.6 Å². The summed E-state index contributed by atoms with van der Waals surface area (Å²) in [4.78, 5) is 14.7. The number of amides is 1. The van der Waals surface area contributed by atoms with Crippen LogP contribution in [-0.2, 0) is 0 Å². The van der Waals surface area contributed by atoms with Crippen molar-refractivity contribution in [1.29, 1.82) is 0 Å². The Kier molecular flexibility index (Phi) is 5.48. The number of carbonyl (C=O) groups is 1. The lowest BCUT2D eigenvalue weighted by Crippen LogP contribution is -2.37. The summed E-state index contributed by atoms with van der Waals surface area (Å²) in [5, 5.41) is 0. The van der Waals surface area contributed by atoms with Gasteiger partial charge in [-0.2, -0.15) is 0 Å². The average molecular weight is 290 g/mol. The highest BCUT2D eigenvalue weighted by Gasteiger charge is 2.25. The van der Waals surface area contributed by atoms with E-state index in [4.69, 9.17) is 10.5 Å². The molecular formula is C17H26N2O2. The molecule has 1 saturated carbocycles. The molecule has 1 aromatic carbocycles. The first-order valence-electron chi connectivity index (χ1n) is 7.93. The molecule has 4 heteroatoms. The first-order valence-corrected chi connectivity index (χ1v) is 7.93. The lowest BCUT2D eigenvalue weighted by atomic mass is 10.0. The van der Waals surface area contributed by atoms with Crippen molar-refractivity contribution in [1.82, 2.24) is 4.90 Å². The molecule has 21 heavy (non-hydrogen) atoms. The monoisotopic (exact) mass is 290 g/mol. The molecule has 0 aliphatic heterocycles. The number of nitrogen functional groups attached to an aromatic ring is 1. The Balaban J connectivity index is 2.22. The van der Waals surface area contributed by atoms with Crippen LogP contribution in [0.15, 0.2) is 18.2 Å². The van der Waals surface area contributed by atoms with Crippen molar-refractivity contribution in [2.45, 2.75) is 51.5 Å².